The molecule has 35 heavy (non-hydrogen) atoms. The highest BCUT2D eigenvalue weighted by atomic mass is 32.2. The first kappa shape index (κ1) is 25.4. The van der Waals surface area contributed by atoms with Crippen molar-refractivity contribution in [3.8, 4) is 0 Å². The second-order valence-electron chi connectivity index (χ2n) is 8.95. The molecule has 4 unspecified atom stereocenters. The third-order valence-electron chi connectivity index (χ3n) is 6.39. The quantitative estimate of drug-likeness (QED) is 0.301. The maximum Gasteiger partial charge on any atom is 0.223 e. The first-order valence-corrected chi connectivity index (χ1v) is 12.8. The Labute approximate surface area is 209 Å². The van der Waals surface area contributed by atoms with Crippen LogP contribution in [0.25, 0.3) is 0 Å². The minimum atomic E-state index is -0.790. The molecule has 0 radical (unpaired) electrons. The van der Waals surface area contributed by atoms with E-state index in [1.165, 1.54) is 6.07 Å². The molecule has 4 N–H and O–H groups in total. The number of halogens is 1. The number of aliphatic hydroxyl groups excluding tert-OH is 2. The summed E-state index contributed by atoms with van der Waals surface area (Å²) in [6.07, 6.45) is 0.574. The van der Waals surface area contributed by atoms with Gasteiger partial charge in [0.25, 0.3) is 0 Å². The van der Waals surface area contributed by atoms with Crippen molar-refractivity contribution >= 4 is 17.9 Å². The number of nitrogens with one attached hydrogen (secondary N) is 2. The Morgan fingerprint density at radius 2 is 1.74 bits per heavy atom. The fourth-order valence-electron chi connectivity index (χ4n) is 4.52. The van der Waals surface area contributed by atoms with Crippen LogP contribution in [0.15, 0.2) is 83.8 Å². The summed E-state index contributed by atoms with van der Waals surface area (Å²) in [7, 11) is 0. The molecule has 0 aromatic heterocycles. The van der Waals surface area contributed by atoms with E-state index in [0.717, 1.165) is 28.6 Å². The van der Waals surface area contributed by atoms with Crippen LogP contribution in [0.3, 0.4) is 0 Å². The minimum Gasteiger partial charge on any atom is -0.392 e. The van der Waals surface area contributed by atoms with E-state index in [4.69, 9.17) is 0 Å². The zero-order chi connectivity index (χ0) is 24.6. The Morgan fingerprint density at radius 3 is 2.54 bits per heavy atom. The first-order chi connectivity index (χ1) is 17.0. The number of benzene rings is 3. The van der Waals surface area contributed by atoms with Crippen molar-refractivity contribution in [3.63, 3.8) is 0 Å². The van der Waals surface area contributed by atoms with Gasteiger partial charge in [-0.2, -0.15) is 0 Å². The normalized spacial score (nSPS) is 18.6. The van der Waals surface area contributed by atoms with Crippen molar-refractivity contribution in [2.45, 2.75) is 48.8 Å². The largest absolute Gasteiger partial charge is 0.392 e. The van der Waals surface area contributed by atoms with Crippen molar-refractivity contribution in [1.29, 1.82) is 0 Å². The van der Waals surface area contributed by atoms with Gasteiger partial charge in [-0.1, -0.05) is 66.7 Å². The lowest BCUT2D eigenvalue weighted by Gasteiger charge is -2.24. The van der Waals surface area contributed by atoms with E-state index in [1.807, 2.05) is 54.6 Å². The lowest BCUT2D eigenvalue weighted by atomic mass is 9.92. The van der Waals surface area contributed by atoms with Gasteiger partial charge in [0, 0.05) is 18.9 Å². The smallest absolute Gasteiger partial charge is 0.223 e. The Hall–Kier alpha value is -2.71. The van der Waals surface area contributed by atoms with Crippen LogP contribution in [-0.2, 0) is 17.6 Å². The van der Waals surface area contributed by atoms with Gasteiger partial charge in [-0.05, 0) is 60.0 Å². The Bertz CT molecular complexity index is 1110. The number of aliphatic hydroxyl groups is 2. The third-order valence-corrected chi connectivity index (χ3v) is 7.25. The van der Waals surface area contributed by atoms with Crippen molar-refractivity contribution in [1.82, 2.24) is 10.0 Å². The van der Waals surface area contributed by atoms with Crippen molar-refractivity contribution < 1.29 is 19.4 Å². The zero-order valence-corrected chi connectivity index (χ0v) is 20.3. The summed E-state index contributed by atoms with van der Waals surface area (Å²) in [4.78, 5) is 13.8. The second kappa shape index (κ2) is 12.3. The number of hydrogen-bond donors (Lipinski definition) is 4. The molecule has 184 valence electrons. The van der Waals surface area contributed by atoms with Crippen LogP contribution in [0.2, 0.25) is 0 Å². The van der Waals surface area contributed by atoms with Gasteiger partial charge < -0.3 is 15.5 Å². The van der Waals surface area contributed by atoms with Crippen LogP contribution in [-0.4, -0.2) is 34.9 Å². The molecule has 5 nitrogen and oxygen atoms in total. The number of hydrogen-bond acceptors (Lipinski definition) is 5. The van der Waals surface area contributed by atoms with Crippen LogP contribution in [0.1, 0.15) is 35.6 Å². The molecule has 1 aliphatic rings. The zero-order valence-electron chi connectivity index (χ0n) is 19.4. The number of fused-ring (bicyclic) bond motifs is 1. The second-order valence-corrected chi connectivity index (χ2v) is 9.88. The number of carbonyl (C=O) groups is 1. The molecule has 1 aliphatic carbocycles. The highest BCUT2D eigenvalue weighted by Gasteiger charge is 2.34. The Balaban J connectivity index is 1.38. The monoisotopic (exact) mass is 494 g/mol. The molecule has 0 saturated heterocycles. The van der Waals surface area contributed by atoms with Crippen molar-refractivity contribution in [3.05, 3.63) is 101 Å². The molecule has 0 saturated carbocycles. The van der Waals surface area contributed by atoms with Crippen LogP contribution in [0.4, 0.5) is 4.39 Å². The fourth-order valence-corrected chi connectivity index (χ4v) is 5.26. The Morgan fingerprint density at radius 1 is 1.03 bits per heavy atom. The van der Waals surface area contributed by atoms with Gasteiger partial charge in [0.15, 0.2) is 0 Å². The molecular formula is C28H31FN2O3S. The molecule has 0 spiro atoms. The predicted molar refractivity (Wildman–Crippen MR) is 136 cm³/mol. The fraction of sp³-hybridized carbons (Fsp3) is 0.321. The van der Waals surface area contributed by atoms with Gasteiger partial charge in [0.1, 0.15) is 5.82 Å². The molecule has 4 rings (SSSR count). The van der Waals surface area contributed by atoms with Gasteiger partial charge in [0.2, 0.25) is 5.91 Å². The standard InChI is InChI=1S/C28H31FN2O3S/c29-24-12-6-7-13-26(24)35-30-18-22(32)16-21(15-14-19-8-2-1-3-9-19)28(34)31-27-23-11-5-4-10-20(23)17-25(27)33/h1-13,21-22,25,27,30,32-33H,14-18H2,(H,31,34). The summed E-state index contributed by atoms with van der Waals surface area (Å²) in [6.45, 7) is 0.211. The SMILES string of the molecule is O=C(NC1c2ccccc2CC1O)C(CCc1ccccc1)CC(O)CNSc1ccccc1F. The molecule has 0 bridgehead atoms. The first-order valence-electron chi connectivity index (χ1n) is 11.9. The highest BCUT2D eigenvalue weighted by molar-refractivity contribution is 7.97. The predicted octanol–water partition coefficient (Wildman–Crippen LogP) is 4.20. The molecule has 7 heteroatoms. The summed E-state index contributed by atoms with van der Waals surface area (Å²) in [5.41, 5.74) is 3.11. The van der Waals surface area contributed by atoms with E-state index >= 15 is 0 Å². The minimum absolute atomic E-state index is 0.178. The average Bonchev–Trinajstić information content (AvgIpc) is 3.18. The van der Waals surface area contributed by atoms with Crippen LogP contribution < -0.4 is 10.0 Å². The van der Waals surface area contributed by atoms with Crippen LogP contribution in [0.5, 0.6) is 0 Å². The van der Waals surface area contributed by atoms with E-state index in [0.29, 0.717) is 24.2 Å². The summed E-state index contributed by atoms with van der Waals surface area (Å²) < 4.78 is 16.8. The van der Waals surface area contributed by atoms with Crippen molar-refractivity contribution in [2.75, 3.05) is 6.54 Å². The van der Waals surface area contributed by atoms with E-state index in [-0.39, 0.29) is 24.7 Å². The van der Waals surface area contributed by atoms with Gasteiger partial charge in [0.05, 0.1) is 23.1 Å². The summed E-state index contributed by atoms with van der Waals surface area (Å²) in [5.74, 6) is -0.942. The summed E-state index contributed by atoms with van der Waals surface area (Å²) >= 11 is 1.12. The van der Waals surface area contributed by atoms with Gasteiger partial charge in [-0.25, -0.2) is 4.39 Å². The van der Waals surface area contributed by atoms with Gasteiger partial charge in [-0.15, -0.1) is 0 Å². The van der Waals surface area contributed by atoms with Gasteiger partial charge >= 0.3 is 0 Å². The molecular weight excluding hydrogens is 463 g/mol. The molecule has 1 amide bonds. The number of rotatable bonds is 11. The summed E-state index contributed by atoms with van der Waals surface area (Å²) in [5, 5.41) is 24.3. The number of aryl methyl sites for hydroxylation is 1. The number of amides is 1. The third kappa shape index (κ3) is 6.92. The van der Waals surface area contributed by atoms with E-state index in [1.54, 1.807) is 18.2 Å². The van der Waals surface area contributed by atoms with Crippen LogP contribution >= 0.6 is 11.9 Å². The molecule has 4 atom stereocenters. The molecule has 0 heterocycles. The molecule has 0 fully saturated rings. The van der Waals surface area contributed by atoms with Crippen molar-refractivity contribution in [2.24, 2.45) is 5.92 Å². The molecule has 3 aromatic carbocycles. The highest BCUT2D eigenvalue weighted by Crippen LogP contribution is 2.32. The van der Waals surface area contributed by atoms with E-state index in [2.05, 4.69) is 10.0 Å². The van der Waals surface area contributed by atoms with E-state index < -0.39 is 24.2 Å². The topological polar surface area (TPSA) is 81.6 Å². The van der Waals surface area contributed by atoms with Crippen LogP contribution in [0, 0.1) is 11.7 Å². The van der Waals surface area contributed by atoms with Gasteiger partial charge in [-0.3, -0.25) is 9.52 Å². The lowest BCUT2D eigenvalue weighted by molar-refractivity contribution is -0.127. The lowest BCUT2D eigenvalue weighted by Crippen LogP contribution is -2.40. The molecule has 0 aliphatic heterocycles. The summed E-state index contributed by atoms with van der Waals surface area (Å²) in [6, 6.07) is 23.7. The molecule has 3 aromatic rings. The average molecular weight is 495 g/mol. The maximum absolute atomic E-state index is 13.8. The Kier molecular flexibility index (Phi) is 8.93. The number of carbonyl (C=O) groups excluding carboxylic acids is 1. The van der Waals surface area contributed by atoms with E-state index in [9.17, 15) is 19.4 Å². The maximum atomic E-state index is 13.8.